The summed E-state index contributed by atoms with van der Waals surface area (Å²) in [5.74, 6) is 0.931. The fourth-order valence-electron chi connectivity index (χ4n) is 2.32. The zero-order valence-electron chi connectivity index (χ0n) is 10.1. The SMILES string of the molecule is Cc1cnc(Cl)nc1N1CCc2nc[nH]c2CC1. The topological polar surface area (TPSA) is 57.7 Å². The van der Waals surface area contributed by atoms with Crippen LogP contribution in [0.2, 0.25) is 5.28 Å². The van der Waals surface area contributed by atoms with Crippen LogP contribution in [0.5, 0.6) is 0 Å². The number of fused-ring (bicyclic) bond motifs is 1. The van der Waals surface area contributed by atoms with Crippen LogP contribution in [0.25, 0.3) is 0 Å². The van der Waals surface area contributed by atoms with Crippen molar-refractivity contribution in [2.24, 2.45) is 0 Å². The second kappa shape index (κ2) is 4.57. The molecule has 2 aromatic heterocycles. The highest BCUT2D eigenvalue weighted by molar-refractivity contribution is 6.28. The van der Waals surface area contributed by atoms with Crippen molar-refractivity contribution >= 4 is 17.4 Å². The Morgan fingerprint density at radius 2 is 2.11 bits per heavy atom. The minimum atomic E-state index is 0.302. The average molecular weight is 264 g/mol. The molecule has 0 saturated heterocycles. The van der Waals surface area contributed by atoms with E-state index in [-0.39, 0.29) is 0 Å². The van der Waals surface area contributed by atoms with E-state index in [0.717, 1.165) is 43.0 Å². The predicted molar refractivity (Wildman–Crippen MR) is 70.0 cm³/mol. The number of aryl methyl sites for hydroxylation is 1. The van der Waals surface area contributed by atoms with Gasteiger partial charge in [-0.2, -0.15) is 0 Å². The molecule has 3 rings (SSSR count). The Kier molecular flexibility index (Phi) is 2.91. The molecule has 0 aromatic carbocycles. The first-order valence-electron chi connectivity index (χ1n) is 5.99. The number of imidazole rings is 1. The molecule has 0 bridgehead atoms. The number of aromatic nitrogens is 4. The van der Waals surface area contributed by atoms with Crippen molar-refractivity contribution in [1.82, 2.24) is 19.9 Å². The molecule has 18 heavy (non-hydrogen) atoms. The van der Waals surface area contributed by atoms with E-state index < -0.39 is 0 Å². The molecule has 1 aliphatic rings. The third kappa shape index (κ3) is 2.06. The van der Waals surface area contributed by atoms with Gasteiger partial charge < -0.3 is 9.88 Å². The first-order chi connectivity index (χ1) is 8.74. The molecule has 1 N–H and O–H groups in total. The maximum absolute atomic E-state index is 5.88. The summed E-state index contributed by atoms with van der Waals surface area (Å²) in [6, 6.07) is 0. The molecular formula is C12H14ClN5. The van der Waals surface area contributed by atoms with Gasteiger partial charge in [0.2, 0.25) is 5.28 Å². The molecule has 0 saturated carbocycles. The lowest BCUT2D eigenvalue weighted by Crippen LogP contribution is -2.28. The van der Waals surface area contributed by atoms with Crippen molar-refractivity contribution in [3.05, 3.63) is 34.8 Å². The number of anilines is 1. The molecule has 0 amide bonds. The number of aromatic amines is 1. The van der Waals surface area contributed by atoms with E-state index in [9.17, 15) is 0 Å². The van der Waals surface area contributed by atoms with Crippen molar-refractivity contribution in [3.63, 3.8) is 0 Å². The predicted octanol–water partition coefficient (Wildman–Crippen LogP) is 1.77. The van der Waals surface area contributed by atoms with Gasteiger partial charge in [-0.1, -0.05) is 0 Å². The summed E-state index contributed by atoms with van der Waals surface area (Å²) in [6.07, 6.45) is 5.43. The van der Waals surface area contributed by atoms with Crippen LogP contribution >= 0.6 is 11.6 Å². The van der Waals surface area contributed by atoms with Gasteiger partial charge in [0.25, 0.3) is 0 Å². The molecule has 0 aliphatic carbocycles. The zero-order chi connectivity index (χ0) is 12.5. The first-order valence-corrected chi connectivity index (χ1v) is 6.37. The van der Waals surface area contributed by atoms with Gasteiger partial charge in [0, 0.05) is 43.4 Å². The Labute approximate surface area is 110 Å². The standard InChI is InChI=1S/C12H14ClN5/c1-8-6-14-12(13)17-11(8)18-4-2-9-10(3-5-18)16-7-15-9/h6-7H,2-5H2,1H3,(H,15,16). The molecule has 0 radical (unpaired) electrons. The number of nitrogens with zero attached hydrogens (tertiary/aromatic N) is 4. The van der Waals surface area contributed by atoms with Gasteiger partial charge in [0.05, 0.1) is 12.0 Å². The van der Waals surface area contributed by atoms with Gasteiger partial charge in [-0.15, -0.1) is 0 Å². The quantitative estimate of drug-likeness (QED) is 0.797. The maximum Gasteiger partial charge on any atom is 0.224 e. The van der Waals surface area contributed by atoms with E-state index in [2.05, 4.69) is 24.8 Å². The molecule has 0 unspecified atom stereocenters. The molecular weight excluding hydrogens is 250 g/mol. The third-order valence-corrected chi connectivity index (χ3v) is 3.45. The van der Waals surface area contributed by atoms with Gasteiger partial charge >= 0.3 is 0 Å². The molecule has 6 heteroatoms. The largest absolute Gasteiger partial charge is 0.355 e. The minimum Gasteiger partial charge on any atom is -0.355 e. The van der Waals surface area contributed by atoms with E-state index in [1.807, 2.05) is 6.92 Å². The molecule has 2 aromatic rings. The second-order valence-corrected chi connectivity index (χ2v) is 4.80. The number of hydrogen-bond acceptors (Lipinski definition) is 4. The number of nitrogens with one attached hydrogen (secondary N) is 1. The van der Waals surface area contributed by atoms with Crippen LogP contribution in [0.15, 0.2) is 12.5 Å². The van der Waals surface area contributed by atoms with Crippen LogP contribution in [0.3, 0.4) is 0 Å². The molecule has 0 spiro atoms. The van der Waals surface area contributed by atoms with Gasteiger partial charge in [0.15, 0.2) is 0 Å². The van der Waals surface area contributed by atoms with Gasteiger partial charge in [0.1, 0.15) is 5.82 Å². The van der Waals surface area contributed by atoms with Crippen molar-refractivity contribution in [3.8, 4) is 0 Å². The molecule has 5 nitrogen and oxygen atoms in total. The number of H-pyrrole nitrogens is 1. The van der Waals surface area contributed by atoms with E-state index in [0.29, 0.717) is 5.28 Å². The molecule has 0 fully saturated rings. The molecule has 3 heterocycles. The summed E-state index contributed by atoms with van der Waals surface area (Å²) in [7, 11) is 0. The third-order valence-electron chi connectivity index (χ3n) is 3.27. The highest BCUT2D eigenvalue weighted by Crippen LogP contribution is 2.21. The fraction of sp³-hybridized carbons (Fsp3) is 0.417. The molecule has 1 aliphatic heterocycles. The number of rotatable bonds is 1. The van der Waals surface area contributed by atoms with Crippen LogP contribution in [0.1, 0.15) is 17.0 Å². The highest BCUT2D eigenvalue weighted by atomic mass is 35.5. The lowest BCUT2D eigenvalue weighted by atomic mass is 10.2. The minimum absolute atomic E-state index is 0.302. The van der Waals surface area contributed by atoms with Gasteiger partial charge in [-0.25, -0.2) is 15.0 Å². The van der Waals surface area contributed by atoms with Crippen molar-refractivity contribution in [1.29, 1.82) is 0 Å². The Morgan fingerprint density at radius 3 is 3.00 bits per heavy atom. The smallest absolute Gasteiger partial charge is 0.224 e. The highest BCUT2D eigenvalue weighted by Gasteiger charge is 2.18. The van der Waals surface area contributed by atoms with Crippen LogP contribution in [0.4, 0.5) is 5.82 Å². The average Bonchev–Trinajstić information content (AvgIpc) is 2.72. The second-order valence-electron chi connectivity index (χ2n) is 4.46. The van der Waals surface area contributed by atoms with E-state index in [4.69, 9.17) is 11.6 Å². The van der Waals surface area contributed by atoms with Crippen LogP contribution < -0.4 is 4.90 Å². The van der Waals surface area contributed by atoms with Crippen molar-refractivity contribution in [2.45, 2.75) is 19.8 Å². The van der Waals surface area contributed by atoms with E-state index >= 15 is 0 Å². The van der Waals surface area contributed by atoms with Crippen molar-refractivity contribution in [2.75, 3.05) is 18.0 Å². The zero-order valence-corrected chi connectivity index (χ0v) is 10.9. The normalized spacial score (nSPS) is 15.3. The Bertz CT molecular complexity index is 543. The summed E-state index contributed by atoms with van der Waals surface area (Å²) in [5.41, 5.74) is 3.45. The Hall–Kier alpha value is -1.62. The summed E-state index contributed by atoms with van der Waals surface area (Å²) in [4.78, 5) is 18.1. The van der Waals surface area contributed by atoms with Crippen LogP contribution in [-0.2, 0) is 12.8 Å². The molecule has 0 atom stereocenters. The first kappa shape index (κ1) is 11.5. The molecule has 94 valence electrons. The van der Waals surface area contributed by atoms with Gasteiger partial charge in [-0.3, -0.25) is 0 Å². The van der Waals surface area contributed by atoms with E-state index in [1.54, 1.807) is 12.5 Å². The summed E-state index contributed by atoms with van der Waals surface area (Å²) >= 11 is 5.88. The monoisotopic (exact) mass is 263 g/mol. The maximum atomic E-state index is 5.88. The summed E-state index contributed by atoms with van der Waals surface area (Å²) in [6.45, 7) is 3.84. The van der Waals surface area contributed by atoms with E-state index in [1.165, 1.54) is 5.69 Å². The van der Waals surface area contributed by atoms with Gasteiger partial charge in [-0.05, 0) is 18.5 Å². The number of halogens is 1. The van der Waals surface area contributed by atoms with Crippen LogP contribution in [0, 0.1) is 6.92 Å². The van der Waals surface area contributed by atoms with Crippen molar-refractivity contribution < 1.29 is 0 Å². The Morgan fingerprint density at radius 1 is 1.28 bits per heavy atom. The lowest BCUT2D eigenvalue weighted by Gasteiger charge is -2.22. The lowest BCUT2D eigenvalue weighted by molar-refractivity contribution is 0.774. The summed E-state index contributed by atoms with van der Waals surface area (Å²) < 4.78 is 0. The number of hydrogen-bond donors (Lipinski definition) is 1. The Balaban J connectivity index is 1.86. The summed E-state index contributed by atoms with van der Waals surface area (Å²) in [5, 5.41) is 0.302. The fourth-order valence-corrected chi connectivity index (χ4v) is 2.45. The van der Waals surface area contributed by atoms with Crippen LogP contribution in [-0.4, -0.2) is 33.0 Å².